The molecule has 154 valence electrons. The van der Waals surface area contributed by atoms with E-state index in [0.29, 0.717) is 48.4 Å². The Morgan fingerprint density at radius 2 is 1.76 bits per heavy atom. The van der Waals surface area contributed by atoms with Gasteiger partial charge < -0.3 is 19.3 Å². The molecule has 1 saturated heterocycles. The molecule has 29 heavy (non-hydrogen) atoms. The fraction of sp³-hybridized carbons (Fsp3) is 0.316. The highest BCUT2D eigenvalue weighted by Gasteiger charge is 2.28. The number of carboxylic acid groups (broad SMARTS) is 1. The van der Waals surface area contributed by atoms with Crippen molar-refractivity contribution in [2.45, 2.75) is 4.21 Å². The molecular formula is C19H19NO7S2. The molecule has 10 heteroatoms. The number of carboxylic acids is 1. The van der Waals surface area contributed by atoms with E-state index < -0.39 is 16.0 Å². The normalized spacial score (nSPS) is 17.9. The van der Waals surface area contributed by atoms with Gasteiger partial charge in [-0.15, -0.1) is 11.3 Å². The predicted octanol–water partition coefficient (Wildman–Crippen LogP) is 2.17. The summed E-state index contributed by atoms with van der Waals surface area (Å²) in [5.41, 5.74) is 0.632. The monoisotopic (exact) mass is 437 g/mol. The van der Waals surface area contributed by atoms with Gasteiger partial charge in [-0.05, 0) is 35.9 Å². The highest BCUT2D eigenvalue weighted by atomic mass is 32.2. The van der Waals surface area contributed by atoms with Crippen LogP contribution < -0.4 is 9.47 Å². The minimum Gasteiger partial charge on any atom is -0.486 e. The third kappa shape index (κ3) is 4.15. The standard InChI is InChI=1S/C19H19NO7S2/c21-19(22)14(11-13-1-2-15-16(12-13)27-10-9-26-15)17-3-4-18(28-17)29(23,24)20-5-7-25-8-6-20/h1-4,11-12H,5-10H2,(H,21,22)/b14-11-. The first-order chi connectivity index (χ1) is 13.9. The molecule has 0 amide bonds. The van der Waals surface area contributed by atoms with Crippen LogP contribution in [0.1, 0.15) is 10.4 Å². The summed E-state index contributed by atoms with van der Waals surface area (Å²) in [4.78, 5) is 12.2. The number of fused-ring (bicyclic) bond motifs is 1. The lowest BCUT2D eigenvalue weighted by molar-refractivity contribution is -0.130. The van der Waals surface area contributed by atoms with Gasteiger partial charge >= 0.3 is 5.97 Å². The highest BCUT2D eigenvalue weighted by molar-refractivity contribution is 7.91. The summed E-state index contributed by atoms with van der Waals surface area (Å²) in [6, 6.07) is 8.13. The van der Waals surface area contributed by atoms with Crippen LogP contribution in [0.15, 0.2) is 34.5 Å². The number of morpholine rings is 1. The Labute approximate surface area is 172 Å². The molecule has 2 aliphatic rings. The highest BCUT2D eigenvalue weighted by Crippen LogP contribution is 2.34. The Bertz CT molecular complexity index is 1050. The number of nitrogens with zero attached hydrogens (tertiary/aromatic N) is 1. The minimum atomic E-state index is -3.67. The molecule has 3 heterocycles. The van der Waals surface area contributed by atoms with Crippen molar-refractivity contribution in [3.63, 3.8) is 0 Å². The number of benzene rings is 1. The molecule has 0 radical (unpaired) electrons. The molecule has 8 nitrogen and oxygen atoms in total. The van der Waals surface area contributed by atoms with Gasteiger partial charge in [-0.25, -0.2) is 13.2 Å². The summed E-state index contributed by atoms with van der Waals surface area (Å²) < 4.78 is 43.3. The average molecular weight is 437 g/mol. The summed E-state index contributed by atoms with van der Waals surface area (Å²) in [5, 5.41) is 9.69. The molecule has 0 aliphatic carbocycles. The number of carbonyl (C=O) groups is 1. The summed E-state index contributed by atoms with van der Waals surface area (Å²) in [5.74, 6) is 0.0221. The molecule has 0 unspecified atom stereocenters. The lowest BCUT2D eigenvalue weighted by atomic mass is 10.1. The molecular weight excluding hydrogens is 418 g/mol. The first-order valence-electron chi connectivity index (χ1n) is 8.98. The number of hydrogen-bond acceptors (Lipinski definition) is 7. The lowest BCUT2D eigenvalue weighted by Gasteiger charge is -2.25. The second-order valence-corrected chi connectivity index (χ2v) is 9.65. The fourth-order valence-corrected chi connectivity index (χ4v) is 5.95. The van der Waals surface area contributed by atoms with Crippen LogP contribution in [0.5, 0.6) is 11.5 Å². The van der Waals surface area contributed by atoms with E-state index in [0.717, 1.165) is 11.3 Å². The molecule has 1 N–H and O–H groups in total. The van der Waals surface area contributed by atoms with Crippen LogP contribution in [-0.2, 0) is 19.6 Å². The van der Waals surface area contributed by atoms with Crippen LogP contribution in [0.3, 0.4) is 0 Å². The smallest absolute Gasteiger partial charge is 0.337 e. The number of aliphatic carboxylic acids is 1. The van der Waals surface area contributed by atoms with Crippen LogP contribution in [0.4, 0.5) is 0 Å². The van der Waals surface area contributed by atoms with Crippen LogP contribution in [-0.4, -0.2) is 63.3 Å². The third-order valence-corrected chi connectivity index (χ3v) is 8.00. The third-order valence-electron chi connectivity index (χ3n) is 4.52. The first-order valence-corrected chi connectivity index (χ1v) is 11.2. The number of thiophene rings is 1. The van der Waals surface area contributed by atoms with Crippen molar-refractivity contribution in [3.8, 4) is 11.5 Å². The van der Waals surface area contributed by atoms with E-state index in [-0.39, 0.29) is 22.9 Å². The topological polar surface area (TPSA) is 102 Å². The Morgan fingerprint density at radius 3 is 2.48 bits per heavy atom. The zero-order chi connectivity index (χ0) is 20.4. The van der Waals surface area contributed by atoms with Crippen molar-refractivity contribution in [1.82, 2.24) is 4.31 Å². The van der Waals surface area contributed by atoms with E-state index in [1.807, 2.05) is 0 Å². The molecule has 1 aromatic heterocycles. The van der Waals surface area contributed by atoms with Crippen LogP contribution in [0, 0.1) is 0 Å². The van der Waals surface area contributed by atoms with Gasteiger partial charge in [-0.2, -0.15) is 4.31 Å². The number of sulfonamides is 1. The second kappa shape index (κ2) is 8.15. The Hall–Kier alpha value is -2.40. The quantitative estimate of drug-likeness (QED) is 0.715. The van der Waals surface area contributed by atoms with Crippen molar-refractivity contribution in [1.29, 1.82) is 0 Å². The van der Waals surface area contributed by atoms with E-state index in [2.05, 4.69) is 0 Å². The second-order valence-electron chi connectivity index (χ2n) is 6.40. The number of rotatable bonds is 5. The van der Waals surface area contributed by atoms with E-state index in [1.54, 1.807) is 18.2 Å². The Morgan fingerprint density at radius 1 is 1.03 bits per heavy atom. The van der Waals surface area contributed by atoms with Crippen LogP contribution in [0.2, 0.25) is 0 Å². The van der Waals surface area contributed by atoms with Crippen LogP contribution >= 0.6 is 11.3 Å². The van der Waals surface area contributed by atoms with Crippen molar-refractivity contribution in [2.24, 2.45) is 0 Å². The van der Waals surface area contributed by atoms with Crippen molar-refractivity contribution in [2.75, 3.05) is 39.5 Å². The molecule has 2 aromatic rings. The molecule has 4 rings (SSSR count). The molecule has 0 atom stereocenters. The van der Waals surface area contributed by atoms with Gasteiger partial charge in [0.25, 0.3) is 10.0 Å². The fourth-order valence-electron chi connectivity index (χ4n) is 3.07. The zero-order valence-electron chi connectivity index (χ0n) is 15.4. The predicted molar refractivity (Wildman–Crippen MR) is 107 cm³/mol. The summed E-state index contributed by atoms with van der Waals surface area (Å²) >= 11 is 0.942. The van der Waals surface area contributed by atoms with E-state index in [9.17, 15) is 18.3 Å². The van der Waals surface area contributed by atoms with Gasteiger partial charge in [0.15, 0.2) is 11.5 Å². The zero-order valence-corrected chi connectivity index (χ0v) is 17.0. The number of hydrogen-bond donors (Lipinski definition) is 1. The number of ether oxygens (including phenoxy) is 3. The van der Waals surface area contributed by atoms with Gasteiger partial charge in [0.05, 0.1) is 18.8 Å². The van der Waals surface area contributed by atoms with E-state index in [4.69, 9.17) is 14.2 Å². The van der Waals surface area contributed by atoms with Gasteiger partial charge in [0, 0.05) is 18.0 Å². The largest absolute Gasteiger partial charge is 0.486 e. The molecule has 0 saturated carbocycles. The van der Waals surface area contributed by atoms with E-state index in [1.165, 1.54) is 22.5 Å². The summed E-state index contributed by atoms with van der Waals surface area (Å²) in [6.07, 6.45) is 1.50. The van der Waals surface area contributed by atoms with Crippen molar-refractivity contribution >= 4 is 39.0 Å². The van der Waals surface area contributed by atoms with Crippen molar-refractivity contribution < 1.29 is 32.5 Å². The molecule has 0 spiro atoms. The van der Waals surface area contributed by atoms with Gasteiger partial charge in [0.2, 0.25) is 0 Å². The Balaban J connectivity index is 1.65. The van der Waals surface area contributed by atoms with Crippen molar-refractivity contribution in [3.05, 3.63) is 40.8 Å². The maximum atomic E-state index is 12.8. The molecule has 1 fully saturated rings. The minimum absolute atomic E-state index is 0.00936. The lowest BCUT2D eigenvalue weighted by Crippen LogP contribution is -2.40. The first kappa shape index (κ1) is 19.9. The SMILES string of the molecule is O=C(O)/C(=C\c1ccc2c(c1)OCCO2)c1ccc(S(=O)(=O)N2CCOCC2)s1. The van der Waals surface area contributed by atoms with Gasteiger partial charge in [-0.3, -0.25) is 0 Å². The maximum Gasteiger partial charge on any atom is 0.337 e. The molecule has 2 aliphatic heterocycles. The Kier molecular flexibility index (Phi) is 5.59. The molecule has 1 aromatic carbocycles. The van der Waals surface area contributed by atoms with Gasteiger partial charge in [0.1, 0.15) is 17.4 Å². The maximum absolute atomic E-state index is 12.8. The van der Waals surface area contributed by atoms with E-state index >= 15 is 0 Å². The summed E-state index contributed by atoms with van der Waals surface area (Å²) in [6.45, 7) is 2.17. The molecule has 0 bridgehead atoms. The van der Waals surface area contributed by atoms with Crippen LogP contribution in [0.25, 0.3) is 11.6 Å². The van der Waals surface area contributed by atoms with Gasteiger partial charge in [-0.1, -0.05) is 6.07 Å². The average Bonchev–Trinajstić information content (AvgIpc) is 3.23. The summed E-state index contributed by atoms with van der Waals surface area (Å²) in [7, 11) is -3.67.